The molecule has 196 valence electrons. The van der Waals surface area contributed by atoms with Crippen LogP contribution in [-0.2, 0) is 15.3 Å². The van der Waals surface area contributed by atoms with Crippen molar-refractivity contribution >= 4 is 15.9 Å². The predicted octanol–water partition coefficient (Wildman–Crippen LogP) is 3.58. The number of carbonyl (C=O) groups excluding carboxylic acids is 1. The van der Waals surface area contributed by atoms with Crippen LogP contribution in [0, 0.1) is 22.6 Å². The highest BCUT2D eigenvalue weighted by Crippen LogP contribution is 2.77. The van der Waals surface area contributed by atoms with Crippen LogP contribution in [0.25, 0.3) is 0 Å². The van der Waals surface area contributed by atoms with Crippen molar-refractivity contribution in [1.82, 2.24) is 25.0 Å². The van der Waals surface area contributed by atoms with Gasteiger partial charge in [0.25, 0.3) is 0 Å². The summed E-state index contributed by atoms with van der Waals surface area (Å²) in [6.07, 6.45) is 8.58. The molecule has 0 atom stereocenters. The van der Waals surface area contributed by atoms with E-state index in [4.69, 9.17) is 4.98 Å². The minimum atomic E-state index is -3.48. The molecule has 5 aliphatic carbocycles. The third-order valence-electron chi connectivity index (χ3n) is 10.5. The molecule has 7 fully saturated rings. The van der Waals surface area contributed by atoms with Gasteiger partial charge in [-0.2, -0.15) is 5.10 Å². The molecule has 0 unspecified atom stereocenters. The summed E-state index contributed by atoms with van der Waals surface area (Å²) >= 11 is 0. The predicted molar refractivity (Wildman–Crippen MR) is 132 cm³/mol. The van der Waals surface area contributed by atoms with Crippen molar-refractivity contribution in [3.63, 3.8) is 0 Å². The summed E-state index contributed by atoms with van der Waals surface area (Å²) in [6, 6.07) is 4.38. The number of nitrogens with one attached hydrogen (secondary N) is 1. The zero-order valence-electron chi connectivity index (χ0n) is 21.0. The lowest BCUT2D eigenvalue weighted by Gasteiger charge is -2.76. The van der Waals surface area contributed by atoms with E-state index in [0.717, 1.165) is 81.8 Å². The van der Waals surface area contributed by atoms with Crippen LogP contribution in [0.5, 0.6) is 0 Å². The van der Waals surface area contributed by atoms with E-state index in [2.05, 4.69) is 10.2 Å². The van der Waals surface area contributed by atoms with Crippen molar-refractivity contribution in [2.75, 3.05) is 32.4 Å². The van der Waals surface area contributed by atoms with Crippen molar-refractivity contribution in [2.24, 2.45) is 16.7 Å². The molecule has 1 aromatic heterocycles. The number of amides is 2. The molecule has 2 saturated heterocycles. The fraction of sp³-hybridized carbons (Fsp3) is 0.667. The summed E-state index contributed by atoms with van der Waals surface area (Å²) < 4.78 is 38.3. The summed E-state index contributed by atoms with van der Waals surface area (Å²) in [5, 5.41) is 7.54. The second kappa shape index (κ2) is 6.93. The van der Waals surface area contributed by atoms with Gasteiger partial charge in [-0.25, -0.2) is 22.6 Å². The average molecular weight is 526 g/mol. The van der Waals surface area contributed by atoms with Crippen LogP contribution >= 0.6 is 0 Å². The molecule has 1 spiro atoms. The zero-order valence-corrected chi connectivity index (χ0v) is 21.9. The number of carbonyl (C=O) groups is 1. The Hall–Kier alpha value is -2.49. The van der Waals surface area contributed by atoms with Gasteiger partial charge in [-0.1, -0.05) is 6.07 Å². The first kappa shape index (κ1) is 22.5. The Kier molecular flexibility index (Phi) is 4.21. The second-order valence-electron chi connectivity index (χ2n) is 13.3. The van der Waals surface area contributed by atoms with Gasteiger partial charge in [-0.3, -0.25) is 5.10 Å². The molecular weight excluding hydrogens is 493 g/mol. The van der Waals surface area contributed by atoms with Gasteiger partial charge in [0.05, 0.1) is 4.90 Å². The van der Waals surface area contributed by atoms with Gasteiger partial charge in [0.1, 0.15) is 11.6 Å². The van der Waals surface area contributed by atoms with Crippen LogP contribution < -0.4 is 0 Å². The van der Waals surface area contributed by atoms with E-state index < -0.39 is 15.7 Å². The van der Waals surface area contributed by atoms with Crippen molar-refractivity contribution in [3.05, 3.63) is 41.2 Å². The number of sulfone groups is 1. The molecule has 1 N–H and O–H groups in total. The van der Waals surface area contributed by atoms with Crippen molar-refractivity contribution in [3.8, 4) is 0 Å². The molecule has 7 aliphatic rings. The van der Waals surface area contributed by atoms with Gasteiger partial charge in [0, 0.05) is 49.7 Å². The summed E-state index contributed by atoms with van der Waals surface area (Å²) in [5.74, 6) is 3.01. The van der Waals surface area contributed by atoms with Crippen LogP contribution in [0.3, 0.4) is 0 Å². The first-order valence-corrected chi connectivity index (χ1v) is 15.4. The first-order valence-electron chi connectivity index (χ1n) is 13.5. The Labute approximate surface area is 215 Å². The molecule has 0 radical (unpaired) electrons. The Bertz CT molecular complexity index is 1410. The minimum Gasteiger partial charge on any atom is -0.324 e. The summed E-state index contributed by atoms with van der Waals surface area (Å²) in [6.45, 7) is 3.29. The minimum absolute atomic E-state index is 0.135. The van der Waals surface area contributed by atoms with Crippen molar-refractivity contribution in [2.45, 2.75) is 67.1 Å². The lowest BCUT2D eigenvalue weighted by molar-refractivity contribution is -0.209. The normalized spacial score (nSPS) is 32.3. The van der Waals surface area contributed by atoms with E-state index in [1.165, 1.54) is 25.0 Å². The molecule has 8 nitrogen and oxygen atoms in total. The smallest absolute Gasteiger partial charge is 0.320 e. The number of aromatic amines is 1. The fourth-order valence-corrected chi connectivity index (χ4v) is 9.39. The Morgan fingerprint density at radius 2 is 1.78 bits per heavy atom. The maximum absolute atomic E-state index is 13.8. The van der Waals surface area contributed by atoms with Crippen LogP contribution in [0.1, 0.15) is 74.0 Å². The van der Waals surface area contributed by atoms with Crippen LogP contribution in [0.2, 0.25) is 0 Å². The summed E-state index contributed by atoms with van der Waals surface area (Å²) in [4.78, 5) is 21.9. The number of H-pyrrole nitrogens is 1. The molecule has 3 heterocycles. The van der Waals surface area contributed by atoms with Gasteiger partial charge >= 0.3 is 6.03 Å². The maximum atomic E-state index is 13.8. The van der Waals surface area contributed by atoms with E-state index in [1.54, 1.807) is 6.07 Å². The standard InChI is InChI=1S/C27H32FN5O3S/c1-37(35,36)21-6-19(28)4-5-20(21)27-11-26(12-27,13-27)18-9-32(10-18)24(34)33-14-25(15-33)7-17(8-25)23-29-22(30-31-23)16-2-3-16/h4-6,16-18H,2-3,7-15H2,1H3,(H,29,30,31). The molecule has 2 aliphatic heterocycles. The first-order chi connectivity index (χ1) is 17.6. The van der Waals surface area contributed by atoms with E-state index in [0.29, 0.717) is 17.8 Å². The van der Waals surface area contributed by atoms with Gasteiger partial charge in [0.15, 0.2) is 15.7 Å². The summed E-state index contributed by atoms with van der Waals surface area (Å²) in [5.41, 5.74) is 1.13. The number of halogens is 1. The number of likely N-dealkylation sites (tertiary alicyclic amines) is 2. The molecule has 2 aromatic rings. The average Bonchev–Trinajstić information content (AvgIpc) is 3.43. The fourth-order valence-electron chi connectivity index (χ4n) is 8.38. The van der Waals surface area contributed by atoms with Gasteiger partial charge in [-0.05, 0) is 79.4 Å². The van der Waals surface area contributed by atoms with Gasteiger partial charge in [-0.15, -0.1) is 0 Å². The van der Waals surface area contributed by atoms with Crippen LogP contribution in [0.4, 0.5) is 9.18 Å². The van der Waals surface area contributed by atoms with Gasteiger partial charge in [0.2, 0.25) is 0 Å². The molecule has 37 heavy (non-hydrogen) atoms. The third-order valence-corrected chi connectivity index (χ3v) is 11.7. The zero-order chi connectivity index (χ0) is 25.4. The second-order valence-corrected chi connectivity index (χ2v) is 15.3. The Morgan fingerprint density at radius 1 is 1.08 bits per heavy atom. The van der Waals surface area contributed by atoms with Crippen molar-refractivity contribution < 1.29 is 17.6 Å². The Balaban J connectivity index is 0.834. The Morgan fingerprint density at radius 3 is 2.43 bits per heavy atom. The third kappa shape index (κ3) is 3.17. The summed E-state index contributed by atoms with van der Waals surface area (Å²) in [7, 11) is -3.48. The highest BCUT2D eigenvalue weighted by molar-refractivity contribution is 7.90. The van der Waals surface area contributed by atoms with E-state index in [-0.39, 0.29) is 27.2 Å². The van der Waals surface area contributed by atoms with E-state index in [9.17, 15) is 17.6 Å². The molecular formula is C27H32FN5O3S. The quantitative estimate of drug-likeness (QED) is 0.643. The molecule has 9 rings (SSSR count). The van der Waals surface area contributed by atoms with Gasteiger partial charge < -0.3 is 9.80 Å². The van der Waals surface area contributed by atoms with E-state index >= 15 is 0 Å². The number of hydrogen-bond acceptors (Lipinski definition) is 5. The highest BCUT2D eigenvalue weighted by Gasteiger charge is 2.72. The number of urea groups is 1. The van der Waals surface area contributed by atoms with Crippen LogP contribution in [-0.4, -0.2) is 71.9 Å². The highest BCUT2D eigenvalue weighted by atomic mass is 32.2. The van der Waals surface area contributed by atoms with E-state index in [1.807, 2.05) is 9.80 Å². The maximum Gasteiger partial charge on any atom is 0.320 e. The molecule has 10 heteroatoms. The lowest BCUT2D eigenvalue weighted by atomic mass is 9.30. The number of aromatic nitrogens is 3. The number of benzene rings is 1. The molecule has 2 bridgehead atoms. The van der Waals surface area contributed by atoms with Crippen LogP contribution in [0.15, 0.2) is 23.1 Å². The largest absolute Gasteiger partial charge is 0.324 e. The molecule has 1 aromatic carbocycles. The number of nitrogens with zero attached hydrogens (tertiary/aromatic N) is 4. The lowest BCUT2D eigenvalue weighted by Crippen LogP contribution is -2.74. The molecule has 2 amide bonds. The van der Waals surface area contributed by atoms with Crippen molar-refractivity contribution in [1.29, 1.82) is 0 Å². The molecule has 5 saturated carbocycles. The topological polar surface area (TPSA) is 99.3 Å². The number of rotatable bonds is 5. The monoisotopic (exact) mass is 525 g/mol. The number of hydrogen-bond donors (Lipinski definition) is 1. The SMILES string of the molecule is CS(=O)(=O)c1cc(F)ccc1C12CC(C3CN(C(=O)N4CC5(CC(c6nc(C7CC7)n[nH]6)C5)C4)C3)(C1)C2.